The van der Waals surface area contributed by atoms with Crippen LogP contribution in [-0.4, -0.2) is 61.7 Å². The first-order valence-corrected chi connectivity index (χ1v) is 8.58. The molecule has 0 bridgehead atoms. The molecule has 2 fully saturated rings. The largest absolute Gasteiger partial charge is 0.378 e. The highest BCUT2D eigenvalue weighted by molar-refractivity contribution is 5.78. The highest BCUT2D eigenvalue weighted by Crippen LogP contribution is 2.13. The van der Waals surface area contributed by atoms with Crippen molar-refractivity contribution in [2.24, 2.45) is 0 Å². The lowest BCUT2D eigenvalue weighted by atomic mass is 10.1. The van der Waals surface area contributed by atoms with E-state index in [0.717, 1.165) is 50.8 Å². The van der Waals surface area contributed by atoms with E-state index in [4.69, 9.17) is 4.74 Å². The number of nitrogens with one attached hydrogen (secondary N) is 1. The second-order valence-corrected chi connectivity index (χ2v) is 6.24. The summed E-state index contributed by atoms with van der Waals surface area (Å²) in [5.74, 6) is 1.08. The van der Waals surface area contributed by atoms with Crippen LogP contribution in [0.4, 0.5) is 5.82 Å². The van der Waals surface area contributed by atoms with Crippen LogP contribution in [0.3, 0.4) is 0 Å². The van der Waals surface area contributed by atoms with Crippen molar-refractivity contribution in [3.63, 3.8) is 0 Å². The van der Waals surface area contributed by atoms with Crippen LogP contribution < -0.4 is 10.2 Å². The predicted octanol–water partition coefficient (Wildman–Crippen LogP) is 1.02. The summed E-state index contributed by atoms with van der Waals surface area (Å²) in [6.07, 6.45) is 5.56. The van der Waals surface area contributed by atoms with Gasteiger partial charge in [-0.05, 0) is 37.6 Å². The Labute approximate surface area is 137 Å². The van der Waals surface area contributed by atoms with Crippen molar-refractivity contribution in [2.75, 3.05) is 50.8 Å². The van der Waals surface area contributed by atoms with Crippen LogP contribution in [0.2, 0.25) is 0 Å². The summed E-state index contributed by atoms with van der Waals surface area (Å²) in [7, 11) is 0. The second-order valence-electron chi connectivity index (χ2n) is 6.24. The van der Waals surface area contributed by atoms with Gasteiger partial charge in [-0.25, -0.2) is 4.98 Å². The minimum absolute atomic E-state index is 0.101. The number of nitrogens with zero attached hydrogens (tertiary/aromatic N) is 3. The van der Waals surface area contributed by atoms with Crippen molar-refractivity contribution < 1.29 is 9.53 Å². The number of ether oxygens (including phenoxy) is 1. The van der Waals surface area contributed by atoms with Crippen molar-refractivity contribution in [2.45, 2.75) is 25.8 Å². The van der Waals surface area contributed by atoms with Crippen molar-refractivity contribution >= 4 is 11.7 Å². The standard InChI is InChI=1S/C17H26N4O2/c22-17(14-20-6-2-1-3-7-20)19-13-15-4-5-16(18-12-15)21-8-10-23-11-9-21/h4-5,12H,1-3,6-11,13-14H2,(H,19,22). The van der Waals surface area contributed by atoms with E-state index in [1.807, 2.05) is 18.3 Å². The lowest BCUT2D eigenvalue weighted by molar-refractivity contribution is -0.122. The van der Waals surface area contributed by atoms with E-state index in [0.29, 0.717) is 13.1 Å². The number of carbonyl (C=O) groups is 1. The topological polar surface area (TPSA) is 57.7 Å². The molecular weight excluding hydrogens is 292 g/mol. The summed E-state index contributed by atoms with van der Waals surface area (Å²) in [6.45, 7) is 6.44. The average Bonchev–Trinajstić information content (AvgIpc) is 2.62. The van der Waals surface area contributed by atoms with Gasteiger partial charge < -0.3 is 15.0 Å². The first-order valence-electron chi connectivity index (χ1n) is 8.58. The maximum absolute atomic E-state index is 12.0. The molecule has 2 aliphatic rings. The third kappa shape index (κ3) is 4.91. The van der Waals surface area contributed by atoms with Gasteiger partial charge in [-0.1, -0.05) is 12.5 Å². The number of hydrogen-bond acceptors (Lipinski definition) is 5. The van der Waals surface area contributed by atoms with Gasteiger partial charge in [-0.15, -0.1) is 0 Å². The lowest BCUT2D eigenvalue weighted by Gasteiger charge is -2.27. The molecule has 1 aromatic heterocycles. The molecule has 2 saturated heterocycles. The molecule has 0 saturated carbocycles. The van der Waals surface area contributed by atoms with Crippen LogP contribution in [0, 0.1) is 0 Å². The molecule has 1 aromatic rings. The van der Waals surface area contributed by atoms with Gasteiger partial charge in [-0.2, -0.15) is 0 Å². The minimum Gasteiger partial charge on any atom is -0.378 e. The zero-order valence-corrected chi connectivity index (χ0v) is 13.7. The van der Waals surface area contributed by atoms with E-state index in [2.05, 4.69) is 20.1 Å². The molecule has 0 radical (unpaired) electrons. The predicted molar refractivity (Wildman–Crippen MR) is 89.4 cm³/mol. The third-order valence-corrected chi connectivity index (χ3v) is 4.45. The number of morpholine rings is 1. The van der Waals surface area contributed by atoms with Crippen LogP contribution in [0.1, 0.15) is 24.8 Å². The molecule has 2 aliphatic heterocycles. The van der Waals surface area contributed by atoms with Gasteiger partial charge >= 0.3 is 0 Å². The maximum atomic E-state index is 12.0. The number of piperidine rings is 1. The van der Waals surface area contributed by atoms with E-state index in [9.17, 15) is 4.79 Å². The molecule has 6 heteroatoms. The molecule has 0 unspecified atom stereocenters. The number of amides is 1. The summed E-state index contributed by atoms with van der Waals surface area (Å²) >= 11 is 0. The zero-order chi connectivity index (χ0) is 15.9. The Bertz CT molecular complexity index is 494. The molecule has 23 heavy (non-hydrogen) atoms. The molecule has 3 heterocycles. The van der Waals surface area contributed by atoms with Crippen molar-refractivity contribution in [1.29, 1.82) is 0 Å². The Hall–Kier alpha value is -1.66. The van der Waals surface area contributed by atoms with Gasteiger partial charge in [0.15, 0.2) is 0 Å². The Kier molecular flexibility index (Phi) is 5.82. The van der Waals surface area contributed by atoms with Gasteiger partial charge in [0.2, 0.25) is 5.91 Å². The zero-order valence-electron chi connectivity index (χ0n) is 13.7. The molecule has 126 valence electrons. The van der Waals surface area contributed by atoms with E-state index >= 15 is 0 Å². The Morgan fingerprint density at radius 3 is 2.61 bits per heavy atom. The first kappa shape index (κ1) is 16.2. The fourth-order valence-corrected chi connectivity index (χ4v) is 3.08. The summed E-state index contributed by atoms with van der Waals surface area (Å²) in [5, 5.41) is 2.99. The van der Waals surface area contributed by atoms with Crippen LogP contribution in [-0.2, 0) is 16.1 Å². The van der Waals surface area contributed by atoms with Crippen LogP contribution in [0.15, 0.2) is 18.3 Å². The number of anilines is 1. The lowest BCUT2D eigenvalue weighted by Crippen LogP contribution is -2.39. The van der Waals surface area contributed by atoms with E-state index < -0.39 is 0 Å². The molecule has 0 atom stereocenters. The van der Waals surface area contributed by atoms with Gasteiger partial charge in [0.05, 0.1) is 19.8 Å². The fourth-order valence-electron chi connectivity index (χ4n) is 3.08. The number of carbonyl (C=O) groups excluding carboxylic acids is 1. The minimum atomic E-state index is 0.101. The summed E-state index contributed by atoms with van der Waals surface area (Å²) in [5.41, 5.74) is 1.04. The number of likely N-dealkylation sites (tertiary alicyclic amines) is 1. The number of pyridine rings is 1. The molecule has 6 nitrogen and oxygen atoms in total. The highest BCUT2D eigenvalue weighted by Gasteiger charge is 2.14. The fraction of sp³-hybridized carbons (Fsp3) is 0.647. The Balaban J connectivity index is 1.43. The van der Waals surface area contributed by atoms with Crippen LogP contribution in [0.5, 0.6) is 0 Å². The van der Waals surface area contributed by atoms with Crippen molar-refractivity contribution in [3.05, 3.63) is 23.9 Å². The average molecular weight is 318 g/mol. The molecule has 0 spiro atoms. The maximum Gasteiger partial charge on any atom is 0.234 e. The Morgan fingerprint density at radius 2 is 1.91 bits per heavy atom. The highest BCUT2D eigenvalue weighted by atomic mass is 16.5. The summed E-state index contributed by atoms with van der Waals surface area (Å²) in [6, 6.07) is 4.07. The molecular formula is C17H26N4O2. The third-order valence-electron chi connectivity index (χ3n) is 4.45. The SMILES string of the molecule is O=C(CN1CCCCC1)NCc1ccc(N2CCOCC2)nc1. The molecule has 1 N–H and O–H groups in total. The van der Waals surface area contributed by atoms with Crippen molar-refractivity contribution in [1.82, 2.24) is 15.2 Å². The number of rotatable bonds is 5. The second kappa shape index (κ2) is 8.26. The molecule has 1 amide bonds. The van der Waals surface area contributed by atoms with Crippen LogP contribution in [0.25, 0.3) is 0 Å². The molecule has 0 aromatic carbocycles. The quantitative estimate of drug-likeness (QED) is 0.878. The van der Waals surface area contributed by atoms with Gasteiger partial charge in [0.25, 0.3) is 0 Å². The Morgan fingerprint density at radius 1 is 1.13 bits per heavy atom. The van der Waals surface area contributed by atoms with Gasteiger partial charge in [-0.3, -0.25) is 9.69 Å². The van der Waals surface area contributed by atoms with E-state index in [1.54, 1.807) is 0 Å². The normalized spacial score (nSPS) is 19.6. The first-order chi connectivity index (χ1) is 11.3. The summed E-state index contributed by atoms with van der Waals surface area (Å²) in [4.78, 5) is 21.0. The monoisotopic (exact) mass is 318 g/mol. The number of hydrogen-bond donors (Lipinski definition) is 1. The molecule has 0 aliphatic carbocycles. The number of aromatic nitrogens is 1. The summed E-state index contributed by atoms with van der Waals surface area (Å²) < 4.78 is 5.35. The van der Waals surface area contributed by atoms with Crippen LogP contribution >= 0.6 is 0 Å². The van der Waals surface area contributed by atoms with Gasteiger partial charge in [0, 0.05) is 25.8 Å². The van der Waals surface area contributed by atoms with E-state index in [-0.39, 0.29) is 5.91 Å². The van der Waals surface area contributed by atoms with Crippen molar-refractivity contribution in [3.8, 4) is 0 Å². The smallest absolute Gasteiger partial charge is 0.234 e. The molecule has 3 rings (SSSR count). The van der Waals surface area contributed by atoms with Gasteiger partial charge in [0.1, 0.15) is 5.82 Å². The van der Waals surface area contributed by atoms with E-state index in [1.165, 1.54) is 19.3 Å².